The molecule has 0 aromatic rings. The molecule has 5 N–H and O–H groups in total. The van der Waals surface area contributed by atoms with Gasteiger partial charge in [0.05, 0.1) is 18.5 Å². The molecule has 0 radical (unpaired) electrons. The van der Waals surface area contributed by atoms with Crippen LogP contribution in [0.1, 0.15) is 6.92 Å². The molecule has 7 nitrogen and oxygen atoms in total. The third kappa shape index (κ3) is 5.05. The van der Waals surface area contributed by atoms with Crippen molar-refractivity contribution in [3.05, 3.63) is 0 Å². The number of guanidine groups is 1. The molecule has 1 fully saturated rings. The maximum atomic E-state index is 11.8. The van der Waals surface area contributed by atoms with Gasteiger partial charge in [-0.25, -0.2) is 0 Å². The van der Waals surface area contributed by atoms with Crippen molar-refractivity contribution in [2.75, 3.05) is 25.4 Å². The van der Waals surface area contributed by atoms with Gasteiger partial charge in [-0.1, -0.05) is 11.8 Å². The van der Waals surface area contributed by atoms with Crippen LogP contribution in [-0.4, -0.2) is 53.5 Å². The molecule has 1 heterocycles. The van der Waals surface area contributed by atoms with Crippen molar-refractivity contribution in [3.8, 4) is 0 Å². The Morgan fingerprint density at radius 3 is 2.94 bits per heavy atom. The van der Waals surface area contributed by atoms with E-state index >= 15 is 0 Å². The summed E-state index contributed by atoms with van der Waals surface area (Å²) in [5.74, 6) is -0.0295. The maximum absolute atomic E-state index is 11.8. The molecular formula is C9H17N5O2S. The third-order valence-corrected chi connectivity index (χ3v) is 2.91. The second-order valence-electron chi connectivity index (χ2n) is 3.65. The fraction of sp³-hybridized carbons (Fsp3) is 0.667. The second-order valence-corrected chi connectivity index (χ2v) is 4.62. The number of thioether (sulfide) groups is 1. The SMILES string of the molecule is CC1CN(C(=O)CSC(=N)N=C(N)N)CCO1. The highest BCUT2D eigenvalue weighted by atomic mass is 32.2. The Morgan fingerprint density at radius 1 is 1.65 bits per heavy atom. The highest BCUT2D eigenvalue weighted by Gasteiger charge is 2.21. The lowest BCUT2D eigenvalue weighted by atomic mass is 10.3. The van der Waals surface area contributed by atoms with Crippen LogP contribution >= 0.6 is 11.8 Å². The molecule has 1 aliphatic rings. The predicted molar refractivity (Wildman–Crippen MR) is 68.0 cm³/mol. The molecule has 0 spiro atoms. The molecule has 1 rings (SSSR count). The van der Waals surface area contributed by atoms with E-state index < -0.39 is 0 Å². The highest BCUT2D eigenvalue weighted by Crippen LogP contribution is 2.09. The zero-order valence-electron chi connectivity index (χ0n) is 9.68. The van der Waals surface area contributed by atoms with Crippen LogP contribution in [0.4, 0.5) is 0 Å². The molecule has 0 bridgehead atoms. The van der Waals surface area contributed by atoms with Crippen molar-refractivity contribution in [2.45, 2.75) is 13.0 Å². The van der Waals surface area contributed by atoms with Gasteiger partial charge in [0.15, 0.2) is 11.1 Å². The first-order valence-corrected chi connectivity index (χ1v) is 6.18. The number of rotatable bonds is 2. The van der Waals surface area contributed by atoms with Gasteiger partial charge in [0.2, 0.25) is 5.91 Å². The van der Waals surface area contributed by atoms with Gasteiger partial charge in [0, 0.05) is 13.1 Å². The van der Waals surface area contributed by atoms with E-state index in [1.165, 1.54) is 0 Å². The topological polar surface area (TPSA) is 118 Å². The minimum atomic E-state index is -0.171. The molecule has 0 aromatic heterocycles. The summed E-state index contributed by atoms with van der Waals surface area (Å²) in [7, 11) is 0. The average molecular weight is 259 g/mol. The molecule has 1 atom stereocenters. The fourth-order valence-electron chi connectivity index (χ4n) is 1.42. The summed E-state index contributed by atoms with van der Waals surface area (Å²) < 4.78 is 5.34. The van der Waals surface area contributed by atoms with Gasteiger partial charge >= 0.3 is 0 Å². The molecule has 1 amide bonds. The zero-order valence-corrected chi connectivity index (χ0v) is 10.5. The summed E-state index contributed by atoms with van der Waals surface area (Å²) in [5.41, 5.74) is 10.2. The van der Waals surface area contributed by atoms with Gasteiger partial charge in [0.25, 0.3) is 0 Å². The first-order valence-electron chi connectivity index (χ1n) is 5.19. The summed E-state index contributed by atoms with van der Waals surface area (Å²) in [4.78, 5) is 17.0. The van der Waals surface area contributed by atoms with E-state index in [1.807, 2.05) is 6.92 Å². The maximum Gasteiger partial charge on any atom is 0.233 e. The number of aliphatic imine (C=N–C) groups is 1. The van der Waals surface area contributed by atoms with Gasteiger partial charge < -0.3 is 21.1 Å². The molecule has 1 saturated heterocycles. The van der Waals surface area contributed by atoms with Crippen molar-refractivity contribution < 1.29 is 9.53 Å². The van der Waals surface area contributed by atoms with E-state index in [9.17, 15) is 4.79 Å². The fourth-order valence-corrected chi connectivity index (χ4v) is 2.03. The van der Waals surface area contributed by atoms with E-state index in [2.05, 4.69) is 4.99 Å². The monoisotopic (exact) mass is 259 g/mol. The highest BCUT2D eigenvalue weighted by molar-refractivity contribution is 8.14. The number of nitrogens with zero attached hydrogens (tertiary/aromatic N) is 2. The van der Waals surface area contributed by atoms with Crippen molar-refractivity contribution >= 4 is 28.8 Å². The van der Waals surface area contributed by atoms with E-state index in [0.29, 0.717) is 19.7 Å². The average Bonchev–Trinajstić information content (AvgIpc) is 2.25. The summed E-state index contributed by atoms with van der Waals surface area (Å²) >= 11 is 1.01. The first-order chi connectivity index (χ1) is 7.99. The van der Waals surface area contributed by atoms with Gasteiger partial charge in [0.1, 0.15) is 0 Å². The number of amides is 1. The summed E-state index contributed by atoms with van der Waals surface area (Å²) in [6, 6.07) is 0. The van der Waals surface area contributed by atoms with Crippen molar-refractivity contribution in [2.24, 2.45) is 16.5 Å². The third-order valence-electron chi connectivity index (χ3n) is 2.16. The van der Waals surface area contributed by atoms with Crippen LogP contribution in [0.2, 0.25) is 0 Å². The van der Waals surface area contributed by atoms with Crippen LogP contribution in [0.15, 0.2) is 4.99 Å². The lowest BCUT2D eigenvalue weighted by Crippen LogP contribution is -2.45. The van der Waals surface area contributed by atoms with Gasteiger partial charge in [-0.2, -0.15) is 4.99 Å². The quantitative estimate of drug-likeness (QED) is 0.442. The van der Waals surface area contributed by atoms with Crippen molar-refractivity contribution in [3.63, 3.8) is 0 Å². The second kappa shape index (κ2) is 6.45. The smallest absolute Gasteiger partial charge is 0.233 e. The lowest BCUT2D eigenvalue weighted by Gasteiger charge is -2.31. The van der Waals surface area contributed by atoms with Crippen LogP contribution < -0.4 is 11.5 Å². The van der Waals surface area contributed by atoms with Gasteiger partial charge in [-0.05, 0) is 6.92 Å². The molecule has 0 saturated carbocycles. The number of carbonyl (C=O) groups is 1. The molecule has 17 heavy (non-hydrogen) atoms. The standard InChI is InChI=1S/C9H17N5O2S/c1-6-4-14(2-3-16-6)7(15)5-17-9(12)13-8(10)11/h6H,2-5H2,1H3,(H5,10,11,12,13). The number of hydrogen-bond donors (Lipinski definition) is 3. The van der Waals surface area contributed by atoms with Crippen molar-refractivity contribution in [1.29, 1.82) is 5.41 Å². The van der Waals surface area contributed by atoms with Crippen LogP contribution in [0.25, 0.3) is 0 Å². The Bertz CT molecular complexity index is 329. The molecule has 8 heteroatoms. The van der Waals surface area contributed by atoms with Crippen molar-refractivity contribution in [1.82, 2.24) is 4.90 Å². The largest absolute Gasteiger partial charge is 0.375 e. The minimum Gasteiger partial charge on any atom is -0.375 e. The van der Waals surface area contributed by atoms with Crippen LogP contribution in [0, 0.1) is 5.41 Å². The number of amidine groups is 1. The molecule has 96 valence electrons. The number of ether oxygens (including phenoxy) is 1. The predicted octanol–water partition coefficient (Wildman–Crippen LogP) is -0.825. The number of morpholine rings is 1. The van der Waals surface area contributed by atoms with E-state index in [0.717, 1.165) is 11.8 Å². The Hall–Kier alpha value is -1.28. The number of nitrogens with one attached hydrogen (secondary N) is 1. The van der Waals surface area contributed by atoms with Crippen LogP contribution in [0.3, 0.4) is 0 Å². The van der Waals surface area contributed by atoms with Gasteiger partial charge in [-0.3, -0.25) is 10.2 Å². The first kappa shape index (κ1) is 13.8. The minimum absolute atomic E-state index is 0.0271. The van der Waals surface area contributed by atoms with E-state index in [4.69, 9.17) is 21.6 Å². The van der Waals surface area contributed by atoms with E-state index in [1.54, 1.807) is 4.90 Å². The zero-order chi connectivity index (χ0) is 12.8. The van der Waals surface area contributed by atoms with Crippen LogP contribution in [0.5, 0.6) is 0 Å². The molecular weight excluding hydrogens is 242 g/mol. The normalized spacial score (nSPS) is 19.8. The molecule has 0 aliphatic carbocycles. The van der Waals surface area contributed by atoms with Gasteiger partial charge in [-0.15, -0.1) is 0 Å². The summed E-state index contributed by atoms with van der Waals surface area (Å²) in [6.07, 6.45) is 0.0647. The van der Waals surface area contributed by atoms with Crippen LogP contribution in [-0.2, 0) is 9.53 Å². The number of carbonyl (C=O) groups excluding carboxylic acids is 1. The number of nitrogens with two attached hydrogens (primary N) is 2. The Balaban J connectivity index is 2.34. The Labute approximate surface area is 104 Å². The summed E-state index contributed by atoms with van der Waals surface area (Å²) in [5, 5.41) is 7.33. The molecule has 1 aliphatic heterocycles. The number of hydrogen-bond acceptors (Lipinski definition) is 4. The Kier molecular flexibility index (Phi) is 5.23. The summed E-state index contributed by atoms with van der Waals surface area (Å²) in [6.45, 7) is 3.67. The molecule has 1 unspecified atom stereocenters. The van der Waals surface area contributed by atoms with E-state index in [-0.39, 0.29) is 28.9 Å². The Morgan fingerprint density at radius 2 is 2.35 bits per heavy atom. The lowest BCUT2D eigenvalue weighted by molar-refractivity contribution is -0.135. The molecule has 0 aromatic carbocycles.